The Kier molecular flexibility index (Phi) is 4.78. The van der Waals surface area contributed by atoms with Gasteiger partial charge in [0, 0.05) is 12.5 Å². The third-order valence-corrected chi connectivity index (χ3v) is 2.87. The normalized spacial score (nSPS) is 14.7. The Bertz CT molecular complexity index is 385. The summed E-state index contributed by atoms with van der Waals surface area (Å²) in [6.45, 7) is 1.35. The van der Waals surface area contributed by atoms with Crippen LogP contribution in [0.5, 0.6) is 0 Å². The molecule has 0 aromatic carbocycles. The number of furan rings is 1. The Balaban J connectivity index is 1.51. The van der Waals surface area contributed by atoms with Gasteiger partial charge in [-0.15, -0.1) is 0 Å². The summed E-state index contributed by atoms with van der Waals surface area (Å²) in [6.07, 6.45) is 3.67. The summed E-state index contributed by atoms with van der Waals surface area (Å²) in [5.74, 6) is 1.54. The molecule has 3 N–H and O–H groups in total. The number of carbonyl (C=O) groups is 1. The van der Waals surface area contributed by atoms with Gasteiger partial charge in [0.2, 0.25) is 5.91 Å². The van der Waals surface area contributed by atoms with Crippen LogP contribution < -0.4 is 10.6 Å². The minimum atomic E-state index is -0.0681. The molecule has 0 saturated heterocycles. The Hall–Kier alpha value is -1.33. The minimum Gasteiger partial charge on any atom is -0.462 e. The van der Waals surface area contributed by atoms with Gasteiger partial charge in [-0.25, -0.2) is 0 Å². The maximum atomic E-state index is 11.4. The summed E-state index contributed by atoms with van der Waals surface area (Å²) < 4.78 is 5.33. The lowest BCUT2D eigenvalue weighted by Gasteiger charge is -2.04. The lowest BCUT2D eigenvalue weighted by atomic mass is 10.3. The largest absolute Gasteiger partial charge is 0.462 e. The summed E-state index contributed by atoms with van der Waals surface area (Å²) in [7, 11) is 0. The van der Waals surface area contributed by atoms with Crippen molar-refractivity contribution in [2.45, 2.75) is 44.9 Å². The van der Waals surface area contributed by atoms with Crippen LogP contribution in [0.1, 0.15) is 37.2 Å². The van der Waals surface area contributed by atoms with Crippen molar-refractivity contribution in [2.75, 3.05) is 6.54 Å². The fourth-order valence-electron chi connectivity index (χ4n) is 1.72. The fourth-order valence-corrected chi connectivity index (χ4v) is 1.72. The highest BCUT2D eigenvalue weighted by atomic mass is 16.4. The third kappa shape index (κ3) is 4.50. The van der Waals surface area contributed by atoms with Gasteiger partial charge in [-0.05, 0) is 37.9 Å². The van der Waals surface area contributed by atoms with Crippen LogP contribution in [-0.2, 0) is 17.9 Å². The Morgan fingerprint density at radius 1 is 1.39 bits per heavy atom. The zero-order valence-corrected chi connectivity index (χ0v) is 10.4. The number of nitrogens with one attached hydrogen (secondary N) is 2. The lowest BCUT2D eigenvalue weighted by Crippen LogP contribution is -2.26. The number of rotatable bonds is 8. The van der Waals surface area contributed by atoms with Crippen LogP contribution in [0.2, 0.25) is 0 Å². The highest BCUT2D eigenvalue weighted by Crippen LogP contribution is 2.18. The second kappa shape index (κ2) is 6.56. The first-order chi connectivity index (χ1) is 8.78. The molecule has 0 bridgehead atoms. The first kappa shape index (κ1) is 13.1. The SMILES string of the molecule is O=C(CCCNCc1ccc(CO)o1)NC1CC1. The summed E-state index contributed by atoms with van der Waals surface area (Å²) in [5, 5.41) is 15.0. The van der Waals surface area contributed by atoms with Gasteiger partial charge in [0.15, 0.2) is 0 Å². The lowest BCUT2D eigenvalue weighted by molar-refractivity contribution is -0.121. The molecule has 5 heteroatoms. The Morgan fingerprint density at radius 3 is 2.83 bits per heavy atom. The Morgan fingerprint density at radius 2 is 2.17 bits per heavy atom. The molecule has 1 fully saturated rings. The molecule has 100 valence electrons. The highest BCUT2D eigenvalue weighted by molar-refractivity contribution is 5.76. The van der Waals surface area contributed by atoms with Gasteiger partial charge < -0.3 is 20.2 Å². The van der Waals surface area contributed by atoms with Crippen molar-refractivity contribution in [3.8, 4) is 0 Å². The van der Waals surface area contributed by atoms with Crippen molar-refractivity contribution < 1.29 is 14.3 Å². The molecular weight excluding hydrogens is 232 g/mol. The van der Waals surface area contributed by atoms with Crippen LogP contribution in [0, 0.1) is 0 Å². The Labute approximate surface area is 107 Å². The molecule has 5 nitrogen and oxygen atoms in total. The van der Waals surface area contributed by atoms with E-state index in [1.807, 2.05) is 6.07 Å². The molecule has 1 heterocycles. The summed E-state index contributed by atoms with van der Waals surface area (Å²) in [5.41, 5.74) is 0. The number of aliphatic hydroxyl groups is 1. The molecular formula is C13H20N2O3. The van der Waals surface area contributed by atoms with Crippen LogP contribution in [0.15, 0.2) is 16.5 Å². The molecule has 1 aliphatic rings. The molecule has 0 radical (unpaired) electrons. The predicted molar refractivity (Wildman–Crippen MR) is 66.7 cm³/mol. The molecule has 2 rings (SSSR count). The number of hydrogen-bond acceptors (Lipinski definition) is 4. The monoisotopic (exact) mass is 252 g/mol. The molecule has 0 spiro atoms. The van der Waals surface area contributed by atoms with Gasteiger partial charge in [-0.1, -0.05) is 0 Å². The maximum Gasteiger partial charge on any atom is 0.220 e. The van der Waals surface area contributed by atoms with Crippen LogP contribution in [0.25, 0.3) is 0 Å². The van der Waals surface area contributed by atoms with E-state index in [0.717, 1.165) is 31.6 Å². The second-order valence-electron chi connectivity index (χ2n) is 4.65. The standard InChI is InChI=1S/C13H20N2O3/c16-9-12-6-5-11(18-12)8-14-7-1-2-13(17)15-10-3-4-10/h5-6,10,14,16H,1-4,7-9H2,(H,15,17). The van der Waals surface area contributed by atoms with E-state index >= 15 is 0 Å². The molecule has 1 amide bonds. The van der Waals surface area contributed by atoms with Gasteiger partial charge in [0.05, 0.1) is 6.54 Å². The van der Waals surface area contributed by atoms with Crippen molar-refractivity contribution in [3.05, 3.63) is 23.7 Å². The minimum absolute atomic E-state index is 0.0681. The zero-order valence-electron chi connectivity index (χ0n) is 10.4. The maximum absolute atomic E-state index is 11.4. The van der Waals surface area contributed by atoms with Crippen LogP contribution in [0.4, 0.5) is 0 Å². The first-order valence-corrected chi connectivity index (χ1v) is 6.46. The molecule has 0 aliphatic heterocycles. The summed E-state index contributed by atoms with van der Waals surface area (Å²) >= 11 is 0. The van der Waals surface area contributed by atoms with Crippen molar-refractivity contribution in [1.29, 1.82) is 0 Å². The molecule has 1 aromatic heterocycles. The third-order valence-electron chi connectivity index (χ3n) is 2.87. The highest BCUT2D eigenvalue weighted by Gasteiger charge is 2.22. The van der Waals surface area contributed by atoms with E-state index in [1.165, 1.54) is 0 Å². The average molecular weight is 252 g/mol. The molecule has 0 unspecified atom stereocenters. The predicted octanol–water partition coefficient (Wildman–Crippen LogP) is 0.920. The molecule has 1 saturated carbocycles. The summed E-state index contributed by atoms with van der Waals surface area (Å²) in [4.78, 5) is 11.4. The van der Waals surface area contributed by atoms with Crippen LogP contribution in [0.3, 0.4) is 0 Å². The van der Waals surface area contributed by atoms with E-state index in [4.69, 9.17) is 9.52 Å². The van der Waals surface area contributed by atoms with Crippen molar-refractivity contribution >= 4 is 5.91 Å². The molecule has 0 atom stereocenters. The van der Waals surface area contributed by atoms with Crippen molar-refractivity contribution in [1.82, 2.24) is 10.6 Å². The van der Waals surface area contributed by atoms with Crippen LogP contribution >= 0.6 is 0 Å². The molecule has 1 aliphatic carbocycles. The van der Waals surface area contributed by atoms with E-state index in [2.05, 4.69) is 10.6 Å². The van der Waals surface area contributed by atoms with E-state index < -0.39 is 0 Å². The van der Waals surface area contributed by atoms with Crippen LogP contribution in [-0.4, -0.2) is 23.6 Å². The number of aliphatic hydroxyl groups excluding tert-OH is 1. The second-order valence-corrected chi connectivity index (χ2v) is 4.65. The first-order valence-electron chi connectivity index (χ1n) is 6.46. The molecule has 18 heavy (non-hydrogen) atoms. The van der Waals surface area contributed by atoms with E-state index in [0.29, 0.717) is 24.8 Å². The number of amides is 1. The van der Waals surface area contributed by atoms with Gasteiger partial charge in [-0.3, -0.25) is 4.79 Å². The van der Waals surface area contributed by atoms with Crippen molar-refractivity contribution in [2.24, 2.45) is 0 Å². The van der Waals surface area contributed by atoms with E-state index in [1.54, 1.807) is 6.07 Å². The fraction of sp³-hybridized carbons (Fsp3) is 0.615. The number of carbonyl (C=O) groups excluding carboxylic acids is 1. The topological polar surface area (TPSA) is 74.5 Å². The van der Waals surface area contributed by atoms with Gasteiger partial charge >= 0.3 is 0 Å². The quantitative estimate of drug-likeness (QED) is 0.601. The average Bonchev–Trinajstić information content (AvgIpc) is 3.05. The van der Waals surface area contributed by atoms with E-state index in [-0.39, 0.29) is 12.5 Å². The zero-order chi connectivity index (χ0) is 12.8. The molecule has 1 aromatic rings. The van der Waals surface area contributed by atoms with Gasteiger partial charge in [-0.2, -0.15) is 0 Å². The van der Waals surface area contributed by atoms with Crippen molar-refractivity contribution in [3.63, 3.8) is 0 Å². The van der Waals surface area contributed by atoms with E-state index in [9.17, 15) is 4.79 Å². The van der Waals surface area contributed by atoms with Gasteiger partial charge in [0.1, 0.15) is 18.1 Å². The smallest absolute Gasteiger partial charge is 0.220 e. The number of hydrogen-bond donors (Lipinski definition) is 3. The van der Waals surface area contributed by atoms with Gasteiger partial charge in [0.25, 0.3) is 0 Å². The summed E-state index contributed by atoms with van der Waals surface area (Å²) in [6, 6.07) is 4.06.